The molecule has 7 heteroatoms. The number of rotatable bonds is 7. The highest BCUT2D eigenvalue weighted by molar-refractivity contribution is 5.74. The van der Waals surface area contributed by atoms with Crippen molar-refractivity contribution in [2.24, 2.45) is 5.92 Å². The molecule has 2 fully saturated rings. The second-order valence-corrected chi connectivity index (χ2v) is 6.76. The van der Waals surface area contributed by atoms with Gasteiger partial charge in [-0.2, -0.15) is 4.98 Å². The number of nitrogens with one attached hydrogen (secondary N) is 1. The van der Waals surface area contributed by atoms with E-state index in [-0.39, 0.29) is 6.03 Å². The molecule has 2 heterocycles. The summed E-state index contributed by atoms with van der Waals surface area (Å²) in [5, 5.41) is 6.95. The zero-order chi connectivity index (χ0) is 16.2. The van der Waals surface area contributed by atoms with Crippen LogP contribution in [0, 0.1) is 5.92 Å². The fraction of sp³-hybridized carbons (Fsp3) is 0.812. The third kappa shape index (κ3) is 4.43. The van der Waals surface area contributed by atoms with E-state index in [9.17, 15) is 4.79 Å². The lowest BCUT2D eigenvalue weighted by Crippen LogP contribution is -2.43. The lowest BCUT2D eigenvalue weighted by Gasteiger charge is -2.24. The maximum Gasteiger partial charge on any atom is 0.317 e. The molecule has 0 spiro atoms. The fourth-order valence-electron chi connectivity index (χ4n) is 3.10. The minimum absolute atomic E-state index is 0.00737. The van der Waals surface area contributed by atoms with Crippen molar-refractivity contribution in [2.75, 3.05) is 39.8 Å². The quantitative estimate of drug-likeness (QED) is 0.823. The SMILES string of the molecule is CCN(CC1CCN(C)C1)C(=O)NCCc1noc(C2CC2)n1. The molecule has 2 amide bonds. The summed E-state index contributed by atoms with van der Waals surface area (Å²) in [6, 6.07) is 0.00737. The van der Waals surface area contributed by atoms with Gasteiger partial charge in [-0.3, -0.25) is 0 Å². The summed E-state index contributed by atoms with van der Waals surface area (Å²) in [6.07, 6.45) is 4.10. The van der Waals surface area contributed by atoms with Gasteiger partial charge in [0.2, 0.25) is 5.89 Å². The number of hydrogen-bond acceptors (Lipinski definition) is 5. The summed E-state index contributed by atoms with van der Waals surface area (Å²) < 4.78 is 5.22. The molecule has 1 N–H and O–H groups in total. The summed E-state index contributed by atoms with van der Waals surface area (Å²) >= 11 is 0. The highest BCUT2D eigenvalue weighted by Gasteiger charge is 2.29. The normalized spacial score (nSPS) is 21.6. The van der Waals surface area contributed by atoms with Gasteiger partial charge in [0.05, 0.1) is 0 Å². The Kier molecular flexibility index (Phi) is 5.15. The molecular weight excluding hydrogens is 294 g/mol. The minimum Gasteiger partial charge on any atom is -0.339 e. The van der Waals surface area contributed by atoms with E-state index in [1.165, 1.54) is 6.42 Å². The van der Waals surface area contributed by atoms with E-state index in [1.54, 1.807) is 0 Å². The van der Waals surface area contributed by atoms with Gasteiger partial charge in [0.15, 0.2) is 5.82 Å². The van der Waals surface area contributed by atoms with Gasteiger partial charge in [-0.25, -0.2) is 4.79 Å². The number of likely N-dealkylation sites (tertiary alicyclic amines) is 1. The Hall–Kier alpha value is -1.63. The number of hydrogen-bond donors (Lipinski definition) is 1. The summed E-state index contributed by atoms with van der Waals surface area (Å²) in [7, 11) is 2.14. The van der Waals surface area contributed by atoms with Crippen LogP contribution in [0.15, 0.2) is 4.52 Å². The summed E-state index contributed by atoms with van der Waals surface area (Å²) in [5.74, 6) is 2.51. The van der Waals surface area contributed by atoms with Crippen molar-refractivity contribution in [3.8, 4) is 0 Å². The zero-order valence-electron chi connectivity index (χ0n) is 14.1. The highest BCUT2D eigenvalue weighted by atomic mass is 16.5. The van der Waals surface area contributed by atoms with Crippen LogP contribution >= 0.6 is 0 Å². The van der Waals surface area contributed by atoms with Crippen LogP contribution in [-0.2, 0) is 6.42 Å². The highest BCUT2D eigenvalue weighted by Crippen LogP contribution is 2.38. The predicted octanol–water partition coefficient (Wildman–Crippen LogP) is 1.47. The Bertz CT molecular complexity index is 528. The zero-order valence-corrected chi connectivity index (χ0v) is 14.1. The van der Waals surface area contributed by atoms with Crippen LogP contribution in [0.4, 0.5) is 4.79 Å². The molecule has 1 unspecified atom stereocenters. The molecule has 3 rings (SSSR count). The smallest absolute Gasteiger partial charge is 0.317 e. The fourth-order valence-corrected chi connectivity index (χ4v) is 3.10. The first-order valence-corrected chi connectivity index (χ1v) is 8.69. The van der Waals surface area contributed by atoms with Gasteiger partial charge >= 0.3 is 6.03 Å². The molecule has 128 valence electrons. The van der Waals surface area contributed by atoms with E-state index in [4.69, 9.17) is 4.52 Å². The van der Waals surface area contributed by atoms with E-state index in [0.29, 0.717) is 30.6 Å². The largest absolute Gasteiger partial charge is 0.339 e. The van der Waals surface area contributed by atoms with Crippen molar-refractivity contribution in [1.29, 1.82) is 0 Å². The Morgan fingerprint density at radius 1 is 1.43 bits per heavy atom. The Balaban J connectivity index is 1.39. The summed E-state index contributed by atoms with van der Waals surface area (Å²) in [6.45, 7) is 6.35. The standard InChI is InChI=1S/C16H27N5O2/c1-3-21(11-12-7-9-20(2)10-12)16(22)17-8-6-14-18-15(23-19-14)13-4-5-13/h12-13H,3-11H2,1-2H3,(H,17,22). The van der Waals surface area contributed by atoms with Crippen molar-refractivity contribution < 1.29 is 9.32 Å². The Morgan fingerprint density at radius 2 is 2.26 bits per heavy atom. The van der Waals surface area contributed by atoms with Crippen molar-refractivity contribution in [3.63, 3.8) is 0 Å². The number of nitrogens with zero attached hydrogens (tertiary/aromatic N) is 4. The molecular formula is C16H27N5O2. The molecule has 0 bridgehead atoms. The van der Waals surface area contributed by atoms with Gasteiger partial charge in [0, 0.05) is 38.5 Å². The number of urea groups is 1. The lowest BCUT2D eigenvalue weighted by molar-refractivity contribution is 0.191. The first kappa shape index (κ1) is 16.2. The Labute approximate surface area is 137 Å². The molecule has 23 heavy (non-hydrogen) atoms. The molecule has 0 aromatic carbocycles. The van der Waals surface area contributed by atoms with Crippen LogP contribution in [0.5, 0.6) is 0 Å². The molecule has 1 aliphatic carbocycles. The monoisotopic (exact) mass is 321 g/mol. The predicted molar refractivity (Wildman–Crippen MR) is 86.2 cm³/mol. The average molecular weight is 321 g/mol. The van der Waals surface area contributed by atoms with Gasteiger partial charge in [-0.15, -0.1) is 0 Å². The van der Waals surface area contributed by atoms with E-state index < -0.39 is 0 Å². The average Bonchev–Trinajstić information content (AvgIpc) is 3.15. The van der Waals surface area contributed by atoms with Gasteiger partial charge in [-0.1, -0.05) is 5.16 Å². The molecule has 0 radical (unpaired) electrons. The van der Waals surface area contributed by atoms with Gasteiger partial charge in [-0.05, 0) is 45.7 Å². The number of aromatic nitrogens is 2. The molecule has 1 atom stereocenters. The van der Waals surface area contributed by atoms with Crippen LogP contribution in [0.1, 0.15) is 43.8 Å². The molecule has 1 aliphatic heterocycles. The van der Waals surface area contributed by atoms with Crippen LogP contribution < -0.4 is 5.32 Å². The van der Waals surface area contributed by atoms with Gasteiger partial charge in [0.1, 0.15) is 0 Å². The van der Waals surface area contributed by atoms with Crippen molar-refractivity contribution >= 4 is 6.03 Å². The number of carbonyl (C=O) groups is 1. The lowest BCUT2D eigenvalue weighted by atomic mass is 10.1. The van der Waals surface area contributed by atoms with Crippen LogP contribution in [0.25, 0.3) is 0 Å². The molecule has 1 saturated carbocycles. The number of amides is 2. The second-order valence-electron chi connectivity index (χ2n) is 6.76. The van der Waals surface area contributed by atoms with Gasteiger partial charge < -0.3 is 19.6 Å². The Morgan fingerprint density at radius 3 is 2.91 bits per heavy atom. The molecule has 7 nitrogen and oxygen atoms in total. The third-order valence-electron chi connectivity index (χ3n) is 4.67. The second kappa shape index (κ2) is 7.29. The van der Waals surface area contributed by atoms with E-state index in [0.717, 1.165) is 44.9 Å². The molecule has 1 aromatic rings. The topological polar surface area (TPSA) is 74.5 Å². The van der Waals surface area contributed by atoms with Crippen molar-refractivity contribution in [1.82, 2.24) is 25.3 Å². The van der Waals surface area contributed by atoms with Crippen molar-refractivity contribution in [3.05, 3.63) is 11.7 Å². The third-order valence-corrected chi connectivity index (χ3v) is 4.67. The molecule has 2 aliphatic rings. The first-order valence-electron chi connectivity index (χ1n) is 8.69. The van der Waals surface area contributed by atoms with Crippen LogP contribution in [0.3, 0.4) is 0 Å². The van der Waals surface area contributed by atoms with E-state index in [2.05, 4.69) is 27.4 Å². The summed E-state index contributed by atoms with van der Waals surface area (Å²) in [4.78, 5) is 20.9. The molecule has 1 saturated heterocycles. The first-order chi connectivity index (χ1) is 11.2. The van der Waals surface area contributed by atoms with E-state index >= 15 is 0 Å². The number of carbonyl (C=O) groups excluding carboxylic acids is 1. The van der Waals surface area contributed by atoms with Gasteiger partial charge in [0.25, 0.3) is 0 Å². The van der Waals surface area contributed by atoms with Crippen molar-refractivity contribution in [2.45, 2.75) is 38.5 Å². The summed E-state index contributed by atoms with van der Waals surface area (Å²) in [5.41, 5.74) is 0. The molecule has 1 aromatic heterocycles. The van der Waals surface area contributed by atoms with E-state index in [1.807, 2.05) is 11.8 Å². The maximum atomic E-state index is 12.3. The maximum absolute atomic E-state index is 12.3. The van der Waals surface area contributed by atoms with Crippen LogP contribution in [0.2, 0.25) is 0 Å². The minimum atomic E-state index is 0.00737. The van der Waals surface area contributed by atoms with Crippen LogP contribution in [-0.4, -0.2) is 65.7 Å².